The van der Waals surface area contributed by atoms with Gasteiger partial charge in [-0.15, -0.1) is 0 Å². The van der Waals surface area contributed by atoms with Gasteiger partial charge in [-0.3, -0.25) is 4.68 Å². The topological polar surface area (TPSA) is 43.8 Å². The van der Waals surface area contributed by atoms with Crippen molar-refractivity contribution < 1.29 is 0 Å². The van der Waals surface area contributed by atoms with Crippen molar-refractivity contribution in [2.24, 2.45) is 18.2 Å². The van der Waals surface area contributed by atoms with Gasteiger partial charge in [0.2, 0.25) is 0 Å². The Bertz CT molecular complexity index is 325. The zero-order chi connectivity index (χ0) is 9.64. The van der Waals surface area contributed by atoms with Gasteiger partial charge in [0.25, 0.3) is 0 Å². The molecule has 1 aromatic heterocycles. The molecule has 1 atom stereocenters. The maximum atomic E-state index is 6.18. The lowest BCUT2D eigenvalue weighted by molar-refractivity contribution is 0.246. The molecule has 2 rings (SSSR count). The monoisotopic (exact) mass is 179 g/mol. The average Bonchev–Trinajstić information content (AvgIpc) is 2.41. The Balaban J connectivity index is 2.46. The first-order valence-electron chi connectivity index (χ1n) is 4.79. The number of hydrogen-bond acceptors (Lipinski definition) is 2. The van der Waals surface area contributed by atoms with Gasteiger partial charge in [0, 0.05) is 24.3 Å². The Labute approximate surface area is 78.9 Å². The van der Waals surface area contributed by atoms with Crippen LogP contribution in [-0.2, 0) is 13.5 Å². The summed E-state index contributed by atoms with van der Waals surface area (Å²) in [5.41, 5.74) is 8.95. The van der Waals surface area contributed by atoms with E-state index < -0.39 is 0 Å². The molecule has 1 aliphatic rings. The summed E-state index contributed by atoms with van der Waals surface area (Å²) in [6, 6.07) is 0.143. The van der Waals surface area contributed by atoms with Gasteiger partial charge in [-0.2, -0.15) is 5.10 Å². The van der Waals surface area contributed by atoms with Crippen molar-refractivity contribution in [3.63, 3.8) is 0 Å². The van der Waals surface area contributed by atoms with Gasteiger partial charge in [-0.05, 0) is 18.3 Å². The van der Waals surface area contributed by atoms with Crippen molar-refractivity contribution in [1.82, 2.24) is 9.78 Å². The SMILES string of the molecule is Cn1ncc2c1CCC(C)(C)C2N. The van der Waals surface area contributed by atoms with Crippen LogP contribution < -0.4 is 5.73 Å². The van der Waals surface area contributed by atoms with Crippen LogP contribution in [0.3, 0.4) is 0 Å². The van der Waals surface area contributed by atoms with Crippen LogP contribution in [0.1, 0.15) is 37.6 Å². The van der Waals surface area contributed by atoms with Crippen LogP contribution in [0, 0.1) is 5.41 Å². The first-order valence-corrected chi connectivity index (χ1v) is 4.79. The van der Waals surface area contributed by atoms with Gasteiger partial charge in [-0.1, -0.05) is 13.8 Å². The highest BCUT2D eigenvalue weighted by molar-refractivity contribution is 5.26. The third-order valence-electron chi connectivity index (χ3n) is 3.28. The molecule has 3 nitrogen and oxygen atoms in total. The maximum absolute atomic E-state index is 6.18. The molecule has 1 heterocycles. The van der Waals surface area contributed by atoms with E-state index in [1.54, 1.807) is 0 Å². The zero-order valence-electron chi connectivity index (χ0n) is 8.54. The molecule has 0 spiro atoms. The number of rotatable bonds is 0. The van der Waals surface area contributed by atoms with Crippen LogP contribution in [0.25, 0.3) is 0 Å². The summed E-state index contributed by atoms with van der Waals surface area (Å²) >= 11 is 0. The van der Waals surface area contributed by atoms with E-state index in [1.165, 1.54) is 11.3 Å². The molecule has 0 aliphatic heterocycles. The average molecular weight is 179 g/mol. The minimum Gasteiger partial charge on any atom is -0.323 e. The normalized spacial score (nSPS) is 25.7. The van der Waals surface area contributed by atoms with Gasteiger partial charge in [0.15, 0.2) is 0 Å². The van der Waals surface area contributed by atoms with Crippen LogP contribution in [-0.4, -0.2) is 9.78 Å². The number of aryl methyl sites for hydroxylation is 1. The summed E-state index contributed by atoms with van der Waals surface area (Å²) < 4.78 is 1.95. The second-order valence-corrected chi connectivity index (χ2v) is 4.64. The second-order valence-electron chi connectivity index (χ2n) is 4.64. The molecule has 0 fully saturated rings. The van der Waals surface area contributed by atoms with Crippen LogP contribution in [0.15, 0.2) is 6.20 Å². The van der Waals surface area contributed by atoms with E-state index >= 15 is 0 Å². The molecule has 0 aromatic carbocycles. The smallest absolute Gasteiger partial charge is 0.0540 e. The van der Waals surface area contributed by atoms with E-state index in [1.807, 2.05) is 17.9 Å². The summed E-state index contributed by atoms with van der Waals surface area (Å²) in [5.74, 6) is 0. The first-order chi connectivity index (χ1) is 6.02. The highest BCUT2D eigenvalue weighted by atomic mass is 15.3. The summed E-state index contributed by atoms with van der Waals surface area (Å²) in [6.07, 6.45) is 4.17. The molecule has 3 heteroatoms. The van der Waals surface area contributed by atoms with Crippen molar-refractivity contribution in [3.05, 3.63) is 17.5 Å². The molecule has 0 radical (unpaired) electrons. The standard InChI is InChI=1S/C10H17N3/c1-10(2)5-4-8-7(9(10)11)6-12-13(8)3/h6,9H,4-5,11H2,1-3H3. The van der Waals surface area contributed by atoms with Crippen molar-refractivity contribution in [2.45, 2.75) is 32.7 Å². The molecule has 72 valence electrons. The third kappa shape index (κ3) is 1.18. The van der Waals surface area contributed by atoms with E-state index in [0.717, 1.165) is 12.8 Å². The lowest BCUT2D eigenvalue weighted by Crippen LogP contribution is -2.34. The number of aromatic nitrogens is 2. The van der Waals surface area contributed by atoms with Gasteiger partial charge in [0.05, 0.1) is 6.20 Å². The van der Waals surface area contributed by atoms with Crippen molar-refractivity contribution in [3.8, 4) is 0 Å². The van der Waals surface area contributed by atoms with Crippen LogP contribution in [0.4, 0.5) is 0 Å². The van der Waals surface area contributed by atoms with Gasteiger partial charge in [0.1, 0.15) is 0 Å². The minimum absolute atomic E-state index is 0.143. The van der Waals surface area contributed by atoms with Crippen molar-refractivity contribution in [1.29, 1.82) is 0 Å². The van der Waals surface area contributed by atoms with Crippen LogP contribution in [0.5, 0.6) is 0 Å². The Morgan fingerprint density at radius 1 is 1.62 bits per heavy atom. The van der Waals surface area contributed by atoms with E-state index in [4.69, 9.17) is 5.73 Å². The highest BCUT2D eigenvalue weighted by Crippen LogP contribution is 2.41. The van der Waals surface area contributed by atoms with Gasteiger partial charge in [-0.25, -0.2) is 0 Å². The molecule has 2 N–H and O–H groups in total. The summed E-state index contributed by atoms with van der Waals surface area (Å²) in [6.45, 7) is 4.46. The fourth-order valence-electron chi connectivity index (χ4n) is 2.06. The maximum Gasteiger partial charge on any atom is 0.0540 e. The fraction of sp³-hybridized carbons (Fsp3) is 0.700. The predicted molar refractivity (Wildman–Crippen MR) is 52.2 cm³/mol. The molecule has 1 aromatic rings. The molecule has 0 saturated carbocycles. The van der Waals surface area contributed by atoms with E-state index in [0.29, 0.717) is 0 Å². The largest absolute Gasteiger partial charge is 0.323 e. The number of fused-ring (bicyclic) bond motifs is 1. The lowest BCUT2D eigenvalue weighted by Gasteiger charge is -2.35. The third-order valence-corrected chi connectivity index (χ3v) is 3.28. The van der Waals surface area contributed by atoms with Crippen LogP contribution in [0.2, 0.25) is 0 Å². The second kappa shape index (κ2) is 2.58. The summed E-state index contributed by atoms with van der Waals surface area (Å²) in [5, 5.41) is 4.25. The molecule has 0 saturated heterocycles. The summed E-state index contributed by atoms with van der Waals surface area (Å²) in [4.78, 5) is 0. The summed E-state index contributed by atoms with van der Waals surface area (Å²) in [7, 11) is 1.99. The Morgan fingerprint density at radius 2 is 2.31 bits per heavy atom. The Hall–Kier alpha value is -0.830. The van der Waals surface area contributed by atoms with E-state index in [-0.39, 0.29) is 11.5 Å². The molecular weight excluding hydrogens is 162 g/mol. The minimum atomic E-state index is 0.143. The molecule has 1 aliphatic carbocycles. The molecule has 0 bridgehead atoms. The highest BCUT2D eigenvalue weighted by Gasteiger charge is 2.34. The fourth-order valence-corrected chi connectivity index (χ4v) is 2.06. The van der Waals surface area contributed by atoms with E-state index in [2.05, 4.69) is 18.9 Å². The van der Waals surface area contributed by atoms with E-state index in [9.17, 15) is 0 Å². The number of nitrogens with zero attached hydrogens (tertiary/aromatic N) is 2. The number of nitrogens with two attached hydrogens (primary N) is 1. The van der Waals surface area contributed by atoms with Crippen molar-refractivity contribution in [2.75, 3.05) is 0 Å². The molecular formula is C10H17N3. The van der Waals surface area contributed by atoms with Crippen molar-refractivity contribution >= 4 is 0 Å². The number of hydrogen-bond donors (Lipinski definition) is 1. The predicted octanol–water partition coefficient (Wildman–Crippen LogP) is 1.39. The molecule has 1 unspecified atom stereocenters. The first kappa shape index (κ1) is 8.75. The molecule has 13 heavy (non-hydrogen) atoms. The van der Waals surface area contributed by atoms with Crippen LogP contribution >= 0.6 is 0 Å². The van der Waals surface area contributed by atoms with Gasteiger partial charge >= 0.3 is 0 Å². The Kier molecular flexibility index (Phi) is 1.74. The quantitative estimate of drug-likeness (QED) is 0.654. The molecule has 0 amide bonds. The Morgan fingerprint density at radius 3 is 3.00 bits per heavy atom. The van der Waals surface area contributed by atoms with Gasteiger partial charge < -0.3 is 5.73 Å². The lowest BCUT2D eigenvalue weighted by atomic mass is 9.73. The zero-order valence-corrected chi connectivity index (χ0v) is 8.54.